The number of hydrogen-bond donors (Lipinski definition) is 1. The third-order valence-corrected chi connectivity index (χ3v) is 3.16. The van der Waals surface area contributed by atoms with Crippen LogP contribution in [0.2, 0.25) is 0 Å². The van der Waals surface area contributed by atoms with Crippen molar-refractivity contribution in [3.63, 3.8) is 0 Å². The molecule has 0 aliphatic heterocycles. The van der Waals surface area contributed by atoms with E-state index in [-0.39, 0.29) is 6.10 Å². The zero-order valence-corrected chi connectivity index (χ0v) is 10.3. The highest BCUT2D eigenvalue weighted by atomic mass is 16.5. The van der Waals surface area contributed by atoms with E-state index in [4.69, 9.17) is 9.47 Å². The van der Waals surface area contributed by atoms with Crippen LogP contribution in [0.3, 0.4) is 0 Å². The Balaban J connectivity index is 1.97. The molecule has 1 aromatic rings. The van der Waals surface area contributed by atoms with Crippen LogP contribution in [-0.4, -0.2) is 25.4 Å². The fourth-order valence-electron chi connectivity index (χ4n) is 2.24. The first kappa shape index (κ1) is 12.4. The smallest absolute Gasteiger partial charge is 0.119 e. The lowest BCUT2D eigenvalue weighted by atomic mass is 9.89. The van der Waals surface area contributed by atoms with Gasteiger partial charge in [0.05, 0.1) is 12.7 Å². The van der Waals surface area contributed by atoms with E-state index >= 15 is 0 Å². The van der Waals surface area contributed by atoms with Crippen molar-refractivity contribution in [1.29, 1.82) is 0 Å². The van der Waals surface area contributed by atoms with Crippen LogP contribution in [0.15, 0.2) is 18.2 Å². The van der Waals surface area contributed by atoms with Crippen molar-refractivity contribution in [2.75, 3.05) is 20.3 Å². The molecule has 1 N–H and O–H groups in total. The Bertz CT molecular complexity index is 362. The average molecular weight is 236 g/mol. The van der Waals surface area contributed by atoms with Crippen LogP contribution in [0.1, 0.15) is 36.5 Å². The molecule has 3 heteroatoms. The van der Waals surface area contributed by atoms with Crippen LogP contribution in [0.4, 0.5) is 0 Å². The molecule has 1 aromatic carbocycles. The van der Waals surface area contributed by atoms with E-state index < -0.39 is 0 Å². The number of benzene rings is 1. The zero-order valence-electron chi connectivity index (χ0n) is 10.3. The SMILES string of the molecule is COCCCOc1ccc2c(c1)C(O)CCC2. The summed E-state index contributed by atoms with van der Waals surface area (Å²) in [4.78, 5) is 0. The number of aliphatic hydroxyl groups excluding tert-OH is 1. The molecular weight excluding hydrogens is 216 g/mol. The van der Waals surface area contributed by atoms with Gasteiger partial charge in [0.25, 0.3) is 0 Å². The number of hydrogen-bond acceptors (Lipinski definition) is 3. The fourth-order valence-corrected chi connectivity index (χ4v) is 2.24. The molecule has 0 saturated heterocycles. The van der Waals surface area contributed by atoms with Gasteiger partial charge in [0.15, 0.2) is 0 Å². The van der Waals surface area contributed by atoms with Gasteiger partial charge < -0.3 is 14.6 Å². The zero-order chi connectivity index (χ0) is 12.1. The molecule has 0 spiro atoms. The predicted molar refractivity (Wildman–Crippen MR) is 66.3 cm³/mol. The number of aliphatic hydroxyl groups is 1. The minimum absolute atomic E-state index is 0.318. The minimum atomic E-state index is -0.318. The second kappa shape index (κ2) is 6.03. The normalized spacial score (nSPS) is 18.8. The third-order valence-electron chi connectivity index (χ3n) is 3.16. The summed E-state index contributed by atoms with van der Waals surface area (Å²) in [7, 11) is 1.69. The molecule has 0 aromatic heterocycles. The van der Waals surface area contributed by atoms with E-state index in [1.54, 1.807) is 7.11 Å². The van der Waals surface area contributed by atoms with Gasteiger partial charge in [-0.05, 0) is 42.5 Å². The molecule has 0 bridgehead atoms. The van der Waals surface area contributed by atoms with Gasteiger partial charge in [-0.1, -0.05) is 6.07 Å². The largest absolute Gasteiger partial charge is 0.493 e. The molecule has 0 amide bonds. The Morgan fingerprint density at radius 3 is 3.06 bits per heavy atom. The fraction of sp³-hybridized carbons (Fsp3) is 0.571. The monoisotopic (exact) mass is 236 g/mol. The van der Waals surface area contributed by atoms with E-state index in [0.717, 1.165) is 37.0 Å². The standard InChI is InChI=1S/C14H20O3/c1-16-8-3-9-17-12-7-6-11-4-2-5-14(15)13(11)10-12/h6-7,10,14-15H,2-5,8-9H2,1H3. The van der Waals surface area contributed by atoms with Gasteiger partial charge in [-0.25, -0.2) is 0 Å². The summed E-state index contributed by atoms with van der Waals surface area (Å²) >= 11 is 0. The number of rotatable bonds is 5. The number of fused-ring (bicyclic) bond motifs is 1. The van der Waals surface area contributed by atoms with Gasteiger partial charge in [-0.15, -0.1) is 0 Å². The first-order valence-corrected chi connectivity index (χ1v) is 6.24. The van der Waals surface area contributed by atoms with E-state index in [1.165, 1.54) is 5.56 Å². The van der Waals surface area contributed by atoms with Gasteiger partial charge in [0, 0.05) is 20.1 Å². The van der Waals surface area contributed by atoms with Crippen LogP contribution < -0.4 is 4.74 Å². The van der Waals surface area contributed by atoms with Gasteiger partial charge in [-0.2, -0.15) is 0 Å². The lowest BCUT2D eigenvalue weighted by Gasteiger charge is -2.21. The second-order valence-electron chi connectivity index (χ2n) is 4.46. The predicted octanol–water partition coefficient (Wildman–Crippen LogP) is 2.47. The summed E-state index contributed by atoms with van der Waals surface area (Å²) < 4.78 is 10.6. The van der Waals surface area contributed by atoms with Crippen molar-refractivity contribution < 1.29 is 14.6 Å². The maximum atomic E-state index is 9.92. The van der Waals surface area contributed by atoms with Gasteiger partial charge in [0.2, 0.25) is 0 Å². The summed E-state index contributed by atoms with van der Waals surface area (Å²) in [5, 5.41) is 9.92. The molecule has 94 valence electrons. The van der Waals surface area contributed by atoms with Crippen LogP contribution in [0, 0.1) is 0 Å². The van der Waals surface area contributed by atoms with Crippen LogP contribution in [0.5, 0.6) is 5.75 Å². The number of methoxy groups -OCH3 is 1. The topological polar surface area (TPSA) is 38.7 Å². The molecule has 1 aliphatic carbocycles. The first-order chi connectivity index (χ1) is 8.31. The van der Waals surface area contributed by atoms with Crippen molar-refractivity contribution >= 4 is 0 Å². The summed E-state index contributed by atoms with van der Waals surface area (Å²) in [6, 6.07) is 6.04. The third kappa shape index (κ3) is 3.20. The highest BCUT2D eigenvalue weighted by molar-refractivity contribution is 5.38. The highest BCUT2D eigenvalue weighted by Crippen LogP contribution is 2.32. The van der Waals surface area contributed by atoms with Crippen LogP contribution >= 0.6 is 0 Å². The summed E-state index contributed by atoms with van der Waals surface area (Å²) in [5.74, 6) is 0.848. The van der Waals surface area contributed by atoms with E-state index in [1.807, 2.05) is 12.1 Å². The molecule has 1 unspecified atom stereocenters. The quantitative estimate of drug-likeness (QED) is 0.798. The molecule has 1 atom stereocenters. The summed E-state index contributed by atoms with van der Waals surface area (Å²) in [6.07, 6.45) is 3.57. The van der Waals surface area contributed by atoms with E-state index in [0.29, 0.717) is 13.2 Å². The maximum absolute atomic E-state index is 9.92. The second-order valence-corrected chi connectivity index (χ2v) is 4.46. The Kier molecular flexibility index (Phi) is 4.40. The minimum Gasteiger partial charge on any atom is -0.493 e. The number of aryl methyl sites for hydroxylation is 1. The molecule has 2 rings (SSSR count). The number of ether oxygens (including phenoxy) is 2. The summed E-state index contributed by atoms with van der Waals surface area (Å²) in [6.45, 7) is 1.37. The van der Waals surface area contributed by atoms with Gasteiger partial charge >= 0.3 is 0 Å². The van der Waals surface area contributed by atoms with Crippen LogP contribution in [-0.2, 0) is 11.2 Å². The molecule has 0 saturated carbocycles. The van der Waals surface area contributed by atoms with E-state index in [2.05, 4.69) is 6.07 Å². The highest BCUT2D eigenvalue weighted by Gasteiger charge is 2.18. The average Bonchev–Trinajstić information content (AvgIpc) is 2.36. The van der Waals surface area contributed by atoms with Crippen molar-refractivity contribution in [1.82, 2.24) is 0 Å². The Morgan fingerprint density at radius 2 is 2.24 bits per heavy atom. The van der Waals surface area contributed by atoms with Crippen molar-refractivity contribution in [3.8, 4) is 5.75 Å². The Morgan fingerprint density at radius 1 is 1.35 bits per heavy atom. The Labute approximate surface area is 102 Å². The van der Waals surface area contributed by atoms with Crippen molar-refractivity contribution in [3.05, 3.63) is 29.3 Å². The first-order valence-electron chi connectivity index (χ1n) is 6.24. The van der Waals surface area contributed by atoms with Crippen LogP contribution in [0.25, 0.3) is 0 Å². The van der Waals surface area contributed by atoms with Gasteiger partial charge in [0.1, 0.15) is 5.75 Å². The molecular formula is C14H20O3. The molecule has 1 aliphatic rings. The lowest BCUT2D eigenvalue weighted by Crippen LogP contribution is -2.09. The molecule has 3 nitrogen and oxygen atoms in total. The maximum Gasteiger partial charge on any atom is 0.119 e. The lowest BCUT2D eigenvalue weighted by molar-refractivity contribution is 0.155. The summed E-state index contributed by atoms with van der Waals surface area (Å²) in [5.41, 5.74) is 2.30. The van der Waals surface area contributed by atoms with Gasteiger partial charge in [-0.3, -0.25) is 0 Å². The molecule has 0 heterocycles. The van der Waals surface area contributed by atoms with Crippen molar-refractivity contribution in [2.45, 2.75) is 31.8 Å². The molecule has 0 fully saturated rings. The van der Waals surface area contributed by atoms with E-state index in [9.17, 15) is 5.11 Å². The van der Waals surface area contributed by atoms with Crippen molar-refractivity contribution in [2.24, 2.45) is 0 Å². The Hall–Kier alpha value is -1.06. The molecule has 17 heavy (non-hydrogen) atoms. The molecule has 0 radical (unpaired) electrons.